The SMILES string of the molecule is C=C(C)SC(C)C. The van der Waals surface area contributed by atoms with Crippen molar-refractivity contribution in [3.05, 3.63) is 11.5 Å². The molecule has 0 unspecified atom stereocenters. The lowest BCUT2D eigenvalue weighted by molar-refractivity contribution is 1.12. The van der Waals surface area contributed by atoms with Gasteiger partial charge in [-0.25, -0.2) is 0 Å². The molecule has 0 amide bonds. The van der Waals surface area contributed by atoms with Gasteiger partial charge in [0, 0.05) is 5.25 Å². The number of thioether (sulfide) groups is 1. The summed E-state index contributed by atoms with van der Waals surface area (Å²) in [7, 11) is 0. The monoisotopic (exact) mass is 116 g/mol. The number of hydrogen-bond acceptors (Lipinski definition) is 1. The predicted molar refractivity (Wildman–Crippen MR) is 37.5 cm³/mol. The van der Waals surface area contributed by atoms with Gasteiger partial charge in [-0.1, -0.05) is 20.4 Å². The first-order chi connectivity index (χ1) is 3.13. The number of rotatable bonds is 2. The van der Waals surface area contributed by atoms with Crippen molar-refractivity contribution in [2.24, 2.45) is 0 Å². The molecule has 0 rings (SSSR count). The summed E-state index contributed by atoms with van der Waals surface area (Å²) in [4.78, 5) is 1.20. The zero-order chi connectivity index (χ0) is 5.86. The largest absolute Gasteiger partial charge is 0.129 e. The van der Waals surface area contributed by atoms with Crippen LogP contribution in [-0.2, 0) is 0 Å². The van der Waals surface area contributed by atoms with Crippen LogP contribution in [0.4, 0.5) is 0 Å². The van der Waals surface area contributed by atoms with Crippen LogP contribution in [0.5, 0.6) is 0 Å². The van der Waals surface area contributed by atoms with E-state index in [1.165, 1.54) is 4.91 Å². The molecule has 0 aromatic carbocycles. The zero-order valence-corrected chi connectivity index (χ0v) is 6.01. The highest BCUT2D eigenvalue weighted by molar-refractivity contribution is 8.03. The highest BCUT2D eigenvalue weighted by Crippen LogP contribution is 2.17. The Bertz CT molecular complexity index is 64.6. The van der Waals surface area contributed by atoms with Gasteiger partial charge >= 0.3 is 0 Å². The molecule has 0 aromatic rings. The Kier molecular flexibility index (Phi) is 3.18. The minimum absolute atomic E-state index is 0.692. The molecule has 0 saturated heterocycles. The molecule has 0 aliphatic heterocycles. The molecule has 0 radical (unpaired) electrons. The maximum Gasteiger partial charge on any atom is 0.00342 e. The minimum atomic E-state index is 0.692. The van der Waals surface area contributed by atoms with E-state index >= 15 is 0 Å². The minimum Gasteiger partial charge on any atom is -0.129 e. The second kappa shape index (κ2) is 3.14. The summed E-state index contributed by atoms with van der Waals surface area (Å²) < 4.78 is 0. The highest BCUT2D eigenvalue weighted by Gasteiger charge is 1.90. The van der Waals surface area contributed by atoms with E-state index in [2.05, 4.69) is 20.4 Å². The third-order valence-corrected chi connectivity index (χ3v) is 1.31. The molecule has 1 heteroatoms. The molecule has 0 atom stereocenters. The van der Waals surface area contributed by atoms with Crippen molar-refractivity contribution in [2.45, 2.75) is 26.0 Å². The zero-order valence-electron chi connectivity index (χ0n) is 5.19. The van der Waals surface area contributed by atoms with Crippen LogP contribution in [0.15, 0.2) is 11.5 Å². The molecular weight excluding hydrogens is 104 g/mol. The third kappa shape index (κ3) is 6.09. The predicted octanol–water partition coefficient (Wildman–Crippen LogP) is 2.66. The molecular formula is C6H12S. The van der Waals surface area contributed by atoms with Crippen LogP contribution in [0.2, 0.25) is 0 Å². The Hall–Kier alpha value is 0.0900. The number of hydrogen-bond donors (Lipinski definition) is 0. The summed E-state index contributed by atoms with van der Waals surface area (Å²) in [6.45, 7) is 10.1. The quantitative estimate of drug-likeness (QED) is 0.534. The van der Waals surface area contributed by atoms with E-state index < -0.39 is 0 Å². The average Bonchev–Trinajstić information content (AvgIpc) is 1.27. The van der Waals surface area contributed by atoms with E-state index in [0.717, 1.165) is 0 Å². The lowest BCUT2D eigenvalue weighted by Gasteiger charge is -1.99. The van der Waals surface area contributed by atoms with Crippen molar-refractivity contribution >= 4 is 11.8 Å². The second-order valence-corrected chi connectivity index (χ2v) is 3.74. The Labute approximate surface area is 50.0 Å². The van der Waals surface area contributed by atoms with E-state index in [0.29, 0.717) is 5.25 Å². The normalized spacial score (nSPS) is 9.71. The van der Waals surface area contributed by atoms with Gasteiger partial charge in [-0.05, 0) is 11.8 Å². The van der Waals surface area contributed by atoms with Gasteiger partial charge in [0.2, 0.25) is 0 Å². The lowest BCUT2D eigenvalue weighted by Crippen LogP contribution is -1.82. The molecule has 0 aliphatic rings. The van der Waals surface area contributed by atoms with Crippen molar-refractivity contribution < 1.29 is 0 Å². The summed E-state index contributed by atoms with van der Waals surface area (Å²) in [5, 5.41) is 0.692. The van der Waals surface area contributed by atoms with E-state index in [1.54, 1.807) is 0 Å². The molecule has 0 spiro atoms. The Morgan fingerprint density at radius 3 is 2.00 bits per heavy atom. The molecule has 0 heterocycles. The summed E-state index contributed by atoms with van der Waals surface area (Å²) in [6.07, 6.45) is 0. The fraction of sp³-hybridized carbons (Fsp3) is 0.667. The van der Waals surface area contributed by atoms with Crippen LogP contribution in [0.3, 0.4) is 0 Å². The topological polar surface area (TPSA) is 0 Å². The molecule has 7 heavy (non-hydrogen) atoms. The van der Waals surface area contributed by atoms with Gasteiger partial charge in [0.1, 0.15) is 0 Å². The van der Waals surface area contributed by atoms with Crippen LogP contribution in [0.25, 0.3) is 0 Å². The summed E-state index contributed by atoms with van der Waals surface area (Å²) >= 11 is 1.81. The smallest absolute Gasteiger partial charge is 0.00342 e. The second-order valence-electron chi connectivity index (χ2n) is 1.87. The van der Waals surface area contributed by atoms with Gasteiger partial charge in [0.05, 0.1) is 0 Å². The van der Waals surface area contributed by atoms with Crippen molar-refractivity contribution in [2.75, 3.05) is 0 Å². The van der Waals surface area contributed by atoms with Crippen LogP contribution < -0.4 is 0 Å². The molecule has 0 fully saturated rings. The Morgan fingerprint density at radius 1 is 1.57 bits per heavy atom. The first kappa shape index (κ1) is 7.09. The fourth-order valence-corrected chi connectivity index (χ4v) is 1.21. The maximum atomic E-state index is 3.76. The molecule has 0 aromatic heterocycles. The first-order valence-corrected chi connectivity index (χ1v) is 3.33. The van der Waals surface area contributed by atoms with Gasteiger partial charge in [-0.2, -0.15) is 0 Å². The van der Waals surface area contributed by atoms with Gasteiger partial charge in [-0.3, -0.25) is 0 Å². The molecule has 0 N–H and O–H groups in total. The molecule has 0 aliphatic carbocycles. The third-order valence-electron chi connectivity index (χ3n) is 0.437. The van der Waals surface area contributed by atoms with E-state index in [9.17, 15) is 0 Å². The maximum absolute atomic E-state index is 3.76. The molecule has 0 nitrogen and oxygen atoms in total. The van der Waals surface area contributed by atoms with E-state index in [1.807, 2.05) is 18.7 Å². The summed E-state index contributed by atoms with van der Waals surface area (Å²) in [5.41, 5.74) is 0. The first-order valence-electron chi connectivity index (χ1n) is 2.45. The van der Waals surface area contributed by atoms with Gasteiger partial charge < -0.3 is 0 Å². The van der Waals surface area contributed by atoms with Gasteiger partial charge in [0.25, 0.3) is 0 Å². The van der Waals surface area contributed by atoms with E-state index in [-0.39, 0.29) is 0 Å². The molecule has 42 valence electrons. The molecule has 0 bridgehead atoms. The standard InChI is InChI=1S/C6H12S/c1-5(2)7-6(3)4/h6H,1H2,2-4H3. The summed E-state index contributed by atoms with van der Waals surface area (Å²) in [5.74, 6) is 0. The summed E-state index contributed by atoms with van der Waals surface area (Å²) in [6, 6.07) is 0. The number of allylic oxidation sites excluding steroid dienone is 1. The van der Waals surface area contributed by atoms with Crippen molar-refractivity contribution in [1.29, 1.82) is 0 Å². The van der Waals surface area contributed by atoms with Crippen LogP contribution >= 0.6 is 11.8 Å². The van der Waals surface area contributed by atoms with Crippen LogP contribution in [0.1, 0.15) is 20.8 Å². The highest BCUT2D eigenvalue weighted by atomic mass is 32.2. The average molecular weight is 116 g/mol. The van der Waals surface area contributed by atoms with Gasteiger partial charge in [-0.15, -0.1) is 11.8 Å². The Balaban J connectivity index is 3.13. The van der Waals surface area contributed by atoms with Crippen molar-refractivity contribution in [1.82, 2.24) is 0 Å². The van der Waals surface area contributed by atoms with Crippen molar-refractivity contribution in [3.63, 3.8) is 0 Å². The fourth-order valence-electron chi connectivity index (χ4n) is 0.402. The van der Waals surface area contributed by atoms with Gasteiger partial charge in [0.15, 0.2) is 0 Å². The van der Waals surface area contributed by atoms with Crippen LogP contribution in [0, 0.1) is 0 Å². The van der Waals surface area contributed by atoms with Crippen LogP contribution in [-0.4, -0.2) is 5.25 Å². The van der Waals surface area contributed by atoms with Crippen molar-refractivity contribution in [3.8, 4) is 0 Å². The van der Waals surface area contributed by atoms with E-state index in [4.69, 9.17) is 0 Å². The Morgan fingerprint density at radius 2 is 2.00 bits per heavy atom. The molecule has 0 saturated carbocycles. The lowest BCUT2D eigenvalue weighted by atomic mass is 10.6.